The summed E-state index contributed by atoms with van der Waals surface area (Å²) in [6.07, 6.45) is 0.441. The first-order chi connectivity index (χ1) is 5.72. The Balaban J connectivity index is 3.97. The van der Waals surface area contributed by atoms with Crippen molar-refractivity contribution in [1.29, 1.82) is 0 Å². The maximum atomic E-state index is 11.3. The number of hydrogen-bond acceptors (Lipinski definition) is 3. The maximum absolute atomic E-state index is 11.3. The fourth-order valence-electron chi connectivity index (χ4n) is 0.824. The van der Waals surface area contributed by atoms with Crippen molar-refractivity contribution in [3.63, 3.8) is 0 Å². The third-order valence-corrected chi connectivity index (χ3v) is 1.47. The molecule has 78 valence electrons. The molecule has 0 spiro atoms. The molecule has 0 aromatic rings. The molecule has 13 heavy (non-hydrogen) atoms. The summed E-state index contributed by atoms with van der Waals surface area (Å²) in [5, 5.41) is -0.109. The van der Waals surface area contributed by atoms with Crippen LogP contribution >= 0.6 is 11.6 Å². The number of hydrogen-bond donors (Lipinski definition) is 1. The summed E-state index contributed by atoms with van der Waals surface area (Å²) < 4.78 is 5.08. The van der Waals surface area contributed by atoms with Gasteiger partial charge < -0.3 is 10.5 Å². The summed E-state index contributed by atoms with van der Waals surface area (Å²) in [6, 6.07) is -0.619. The zero-order chi connectivity index (χ0) is 10.6. The number of halogens is 1. The van der Waals surface area contributed by atoms with E-state index in [1.54, 1.807) is 6.92 Å². The zero-order valence-corrected chi connectivity index (χ0v) is 9.39. The van der Waals surface area contributed by atoms with Gasteiger partial charge in [0.15, 0.2) is 0 Å². The SMILES string of the molecule is C[C@@H](Cl)CC(N)C(=O)OC(C)(C)C. The van der Waals surface area contributed by atoms with Crippen LogP contribution in [0.5, 0.6) is 0 Å². The molecule has 0 fully saturated rings. The molecule has 2 atom stereocenters. The summed E-state index contributed by atoms with van der Waals surface area (Å²) in [4.78, 5) is 11.3. The second-order valence-electron chi connectivity index (χ2n) is 4.16. The molecule has 0 bridgehead atoms. The molecule has 0 aliphatic rings. The largest absolute Gasteiger partial charge is 0.459 e. The van der Waals surface area contributed by atoms with Crippen molar-refractivity contribution in [2.24, 2.45) is 5.73 Å². The summed E-state index contributed by atoms with van der Waals surface area (Å²) >= 11 is 5.70. The van der Waals surface area contributed by atoms with E-state index in [9.17, 15) is 4.79 Å². The van der Waals surface area contributed by atoms with Crippen LogP contribution in [-0.2, 0) is 9.53 Å². The highest BCUT2D eigenvalue weighted by molar-refractivity contribution is 6.20. The number of rotatable bonds is 3. The van der Waals surface area contributed by atoms with Crippen molar-refractivity contribution in [2.75, 3.05) is 0 Å². The van der Waals surface area contributed by atoms with Crippen LogP contribution < -0.4 is 5.73 Å². The molecule has 0 aliphatic carbocycles. The van der Waals surface area contributed by atoms with E-state index in [4.69, 9.17) is 22.1 Å². The molecule has 0 saturated heterocycles. The molecule has 3 nitrogen and oxygen atoms in total. The van der Waals surface area contributed by atoms with Gasteiger partial charge in [-0.15, -0.1) is 11.6 Å². The molecule has 1 unspecified atom stereocenters. The smallest absolute Gasteiger partial charge is 0.323 e. The highest BCUT2D eigenvalue weighted by atomic mass is 35.5. The van der Waals surface area contributed by atoms with E-state index >= 15 is 0 Å². The van der Waals surface area contributed by atoms with Crippen LogP contribution in [0.4, 0.5) is 0 Å². The summed E-state index contributed by atoms with van der Waals surface area (Å²) in [6.45, 7) is 7.22. The Bertz CT molecular complexity index is 175. The molecule has 0 rings (SSSR count). The normalized spacial score (nSPS) is 16.5. The summed E-state index contributed by atoms with van der Waals surface area (Å²) in [7, 11) is 0. The molecule has 0 aromatic carbocycles. The fraction of sp³-hybridized carbons (Fsp3) is 0.889. The van der Waals surface area contributed by atoms with Gasteiger partial charge in [0.1, 0.15) is 11.6 Å². The molecule has 0 aliphatic heterocycles. The van der Waals surface area contributed by atoms with Crippen molar-refractivity contribution in [3.05, 3.63) is 0 Å². The number of alkyl halides is 1. The Labute approximate surface area is 84.6 Å². The lowest BCUT2D eigenvalue weighted by atomic mass is 10.1. The van der Waals surface area contributed by atoms with Crippen molar-refractivity contribution in [1.82, 2.24) is 0 Å². The fourth-order valence-corrected chi connectivity index (χ4v) is 1.02. The zero-order valence-electron chi connectivity index (χ0n) is 8.63. The van der Waals surface area contributed by atoms with E-state index in [1.807, 2.05) is 20.8 Å². The molecule has 4 heteroatoms. The Morgan fingerprint density at radius 2 is 2.00 bits per heavy atom. The van der Waals surface area contributed by atoms with Crippen molar-refractivity contribution in [3.8, 4) is 0 Å². The quantitative estimate of drug-likeness (QED) is 0.566. The van der Waals surface area contributed by atoms with Gasteiger partial charge >= 0.3 is 5.97 Å². The van der Waals surface area contributed by atoms with E-state index in [1.165, 1.54) is 0 Å². The van der Waals surface area contributed by atoms with Gasteiger partial charge in [-0.2, -0.15) is 0 Å². The predicted molar refractivity (Wildman–Crippen MR) is 53.8 cm³/mol. The van der Waals surface area contributed by atoms with Crippen molar-refractivity contribution < 1.29 is 9.53 Å². The average molecular weight is 208 g/mol. The lowest BCUT2D eigenvalue weighted by Gasteiger charge is -2.22. The van der Waals surface area contributed by atoms with E-state index < -0.39 is 11.6 Å². The Morgan fingerprint density at radius 3 is 2.31 bits per heavy atom. The molecule has 0 heterocycles. The van der Waals surface area contributed by atoms with Gasteiger partial charge in [0, 0.05) is 5.38 Å². The Hall–Kier alpha value is -0.280. The third-order valence-electron chi connectivity index (χ3n) is 1.29. The van der Waals surface area contributed by atoms with Gasteiger partial charge in [0.05, 0.1) is 0 Å². The molecule has 0 saturated carbocycles. The second kappa shape index (κ2) is 4.82. The van der Waals surface area contributed by atoms with Crippen LogP contribution in [0.25, 0.3) is 0 Å². The van der Waals surface area contributed by atoms with Crippen molar-refractivity contribution >= 4 is 17.6 Å². The summed E-state index contributed by atoms with van der Waals surface area (Å²) in [5.41, 5.74) is 5.08. The van der Waals surface area contributed by atoms with E-state index in [2.05, 4.69) is 0 Å². The van der Waals surface area contributed by atoms with Crippen LogP contribution in [0.2, 0.25) is 0 Å². The maximum Gasteiger partial charge on any atom is 0.323 e. The molecule has 0 aromatic heterocycles. The standard InChI is InChI=1S/C9H18ClNO2/c1-6(10)5-7(11)8(12)13-9(2,3)4/h6-7H,5,11H2,1-4H3/t6-,7?/m1/s1. The van der Waals surface area contributed by atoms with E-state index in [0.717, 1.165) is 0 Å². The number of carbonyl (C=O) groups excluding carboxylic acids is 1. The number of ether oxygens (including phenoxy) is 1. The minimum Gasteiger partial charge on any atom is -0.459 e. The first-order valence-electron chi connectivity index (χ1n) is 4.35. The van der Waals surface area contributed by atoms with Crippen molar-refractivity contribution in [2.45, 2.75) is 51.1 Å². The number of esters is 1. The highest BCUT2D eigenvalue weighted by Crippen LogP contribution is 2.11. The van der Waals surface area contributed by atoms with Gasteiger partial charge in [0.25, 0.3) is 0 Å². The van der Waals surface area contributed by atoms with Gasteiger partial charge in [0.2, 0.25) is 0 Å². The van der Waals surface area contributed by atoms with Gasteiger partial charge in [-0.1, -0.05) is 0 Å². The third kappa shape index (κ3) is 6.84. The van der Waals surface area contributed by atoms with Gasteiger partial charge in [-0.05, 0) is 34.1 Å². The summed E-state index contributed by atoms with van der Waals surface area (Å²) in [5.74, 6) is -0.389. The van der Waals surface area contributed by atoms with E-state index in [-0.39, 0.29) is 11.3 Å². The molecular formula is C9H18ClNO2. The monoisotopic (exact) mass is 207 g/mol. The minimum atomic E-state index is -0.619. The number of nitrogens with two attached hydrogens (primary N) is 1. The first kappa shape index (κ1) is 12.7. The van der Waals surface area contributed by atoms with Crippen LogP contribution in [0.3, 0.4) is 0 Å². The highest BCUT2D eigenvalue weighted by Gasteiger charge is 2.22. The minimum absolute atomic E-state index is 0.109. The lowest BCUT2D eigenvalue weighted by molar-refractivity contribution is -0.156. The molecular weight excluding hydrogens is 190 g/mol. The van der Waals surface area contributed by atoms with Gasteiger partial charge in [-0.3, -0.25) is 4.79 Å². The number of carbonyl (C=O) groups is 1. The second-order valence-corrected chi connectivity index (χ2v) is 4.90. The first-order valence-corrected chi connectivity index (χ1v) is 4.78. The molecule has 0 amide bonds. The predicted octanol–water partition coefficient (Wildman–Crippen LogP) is 1.67. The van der Waals surface area contributed by atoms with Crippen LogP contribution in [-0.4, -0.2) is 23.0 Å². The topological polar surface area (TPSA) is 52.3 Å². The van der Waals surface area contributed by atoms with Gasteiger partial charge in [-0.25, -0.2) is 0 Å². The Kier molecular flexibility index (Phi) is 4.71. The van der Waals surface area contributed by atoms with Crippen LogP contribution in [0.1, 0.15) is 34.1 Å². The van der Waals surface area contributed by atoms with Crippen LogP contribution in [0.15, 0.2) is 0 Å². The van der Waals surface area contributed by atoms with E-state index in [0.29, 0.717) is 6.42 Å². The Morgan fingerprint density at radius 1 is 1.54 bits per heavy atom. The average Bonchev–Trinajstić information content (AvgIpc) is 1.81. The van der Waals surface area contributed by atoms with Crippen LogP contribution in [0, 0.1) is 0 Å². The lowest BCUT2D eigenvalue weighted by Crippen LogP contribution is -2.38. The molecule has 0 radical (unpaired) electrons. The molecule has 2 N–H and O–H groups in total.